The molecular weight excluding hydrogens is 260 g/mol. The maximum absolute atomic E-state index is 10.1. The Labute approximate surface area is 113 Å². The van der Waals surface area contributed by atoms with Crippen molar-refractivity contribution in [1.82, 2.24) is 0 Å². The highest BCUT2D eigenvalue weighted by Crippen LogP contribution is 2.45. The van der Waals surface area contributed by atoms with E-state index in [1.165, 1.54) is 31.2 Å². The molecule has 0 atom stereocenters. The average molecular weight is 272 g/mol. The molecule has 0 aromatic heterocycles. The van der Waals surface area contributed by atoms with Crippen LogP contribution in [0.15, 0.2) is 24.3 Å². The van der Waals surface area contributed by atoms with Gasteiger partial charge in [0.2, 0.25) is 0 Å². The van der Waals surface area contributed by atoms with Gasteiger partial charge in [-0.15, -0.1) is 0 Å². The molecule has 0 radical (unpaired) electrons. The summed E-state index contributed by atoms with van der Waals surface area (Å²) in [5.41, 5.74) is 0.165. The van der Waals surface area contributed by atoms with E-state index in [0.717, 1.165) is 0 Å². The minimum atomic E-state index is -0.396. The maximum atomic E-state index is 10.1. The summed E-state index contributed by atoms with van der Waals surface area (Å²) in [6, 6.07) is 5.60. The van der Waals surface area contributed by atoms with Gasteiger partial charge in [0.05, 0.1) is 0 Å². The lowest BCUT2D eigenvalue weighted by Crippen LogP contribution is -1.84. The smallest absolute Gasteiger partial charge is 0.166 e. The van der Waals surface area contributed by atoms with E-state index in [4.69, 9.17) is 0 Å². The van der Waals surface area contributed by atoms with Crippen LogP contribution in [0.3, 0.4) is 0 Å². The van der Waals surface area contributed by atoms with Gasteiger partial charge in [0.25, 0.3) is 0 Å². The van der Waals surface area contributed by atoms with Crippen molar-refractivity contribution in [3.8, 4) is 28.7 Å². The summed E-state index contributed by atoms with van der Waals surface area (Å²) in [6.07, 6.45) is 0. The lowest BCUT2D eigenvalue weighted by molar-refractivity contribution is 0.398. The van der Waals surface area contributed by atoms with Crippen molar-refractivity contribution in [2.45, 2.75) is 6.92 Å². The summed E-state index contributed by atoms with van der Waals surface area (Å²) in [5.74, 6) is -1.16. The van der Waals surface area contributed by atoms with E-state index in [-0.39, 0.29) is 33.9 Å². The fourth-order valence-electron chi connectivity index (χ4n) is 2.39. The molecule has 0 bridgehead atoms. The third-order valence-corrected chi connectivity index (χ3v) is 3.50. The lowest BCUT2D eigenvalue weighted by Gasteiger charge is -2.12. The van der Waals surface area contributed by atoms with E-state index in [2.05, 4.69) is 0 Å². The van der Waals surface area contributed by atoms with Crippen LogP contribution in [-0.4, -0.2) is 25.5 Å². The number of benzene rings is 3. The van der Waals surface area contributed by atoms with Crippen LogP contribution < -0.4 is 0 Å². The van der Waals surface area contributed by atoms with E-state index in [0.29, 0.717) is 16.2 Å². The van der Waals surface area contributed by atoms with Gasteiger partial charge in [0.1, 0.15) is 17.2 Å². The zero-order valence-electron chi connectivity index (χ0n) is 10.5. The van der Waals surface area contributed by atoms with Crippen LogP contribution in [0.25, 0.3) is 21.5 Å². The highest BCUT2D eigenvalue weighted by Gasteiger charge is 2.17. The summed E-state index contributed by atoms with van der Waals surface area (Å²) < 4.78 is 0. The monoisotopic (exact) mass is 272 g/mol. The first kappa shape index (κ1) is 12.2. The maximum Gasteiger partial charge on any atom is 0.166 e. The Hall–Kier alpha value is -2.82. The number of phenols is 5. The number of phenolic OH excluding ortho intramolecular Hbond substituents is 5. The van der Waals surface area contributed by atoms with E-state index in [1.54, 1.807) is 0 Å². The van der Waals surface area contributed by atoms with Gasteiger partial charge >= 0.3 is 0 Å². The molecule has 102 valence electrons. The quantitative estimate of drug-likeness (QED) is 0.246. The molecule has 0 aliphatic heterocycles. The second-order valence-electron chi connectivity index (χ2n) is 4.75. The molecule has 5 heteroatoms. The van der Waals surface area contributed by atoms with E-state index in [9.17, 15) is 25.5 Å². The van der Waals surface area contributed by atoms with Crippen LogP contribution in [0.4, 0.5) is 0 Å². The first-order chi connectivity index (χ1) is 9.40. The van der Waals surface area contributed by atoms with E-state index >= 15 is 0 Å². The van der Waals surface area contributed by atoms with Crippen LogP contribution >= 0.6 is 0 Å². The topological polar surface area (TPSA) is 101 Å². The Kier molecular flexibility index (Phi) is 2.34. The third kappa shape index (κ3) is 1.50. The van der Waals surface area contributed by atoms with Crippen molar-refractivity contribution in [2.75, 3.05) is 0 Å². The molecule has 0 saturated carbocycles. The zero-order valence-corrected chi connectivity index (χ0v) is 10.5. The molecule has 20 heavy (non-hydrogen) atoms. The van der Waals surface area contributed by atoms with Gasteiger partial charge in [0.15, 0.2) is 11.5 Å². The van der Waals surface area contributed by atoms with Crippen molar-refractivity contribution >= 4 is 21.5 Å². The Morgan fingerprint density at radius 1 is 0.650 bits per heavy atom. The molecule has 0 aliphatic rings. The number of fused-ring (bicyclic) bond motifs is 2. The largest absolute Gasteiger partial charge is 0.508 e. The highest BCUT2D eigenvalue weighted by atomic mass is 16.3. The van der Waals surface area contributed by atoms with Crippen LogP contribution in [0.5, 0.6) is 28.7 Å². The normalized spacial score (nSPS) is 11.2. The first-order valence-electron chi connectivity index (χ1n) is 5.93. The Morgan fingerprint density at radius 2 is 1.30 bits per heavy atom. The summed E-state index contributed by atoms with van der Waals surface area (Å²) in [4.78, 5) is 0. The van der Waals surface area contributed by atoms with E-state index in [1.807, 2.05) is 0 Å². The average Bonchev–Trinajstić information content (AvgIpc) is 2.41. The molecule has 3 aromatic rings. The Morgan fingerprint density at radius 3 is 2.00 bits per heavy atom. The zero-order chi connectivity index (χ0) is 14.6. The lowest BCUT2D eigenvalue weighted by atomic mass is 9.98. The summed E-state index contributed by atoms with van der Waals surface area (Å²) in [7, 11) is 0. The summed E-state index contributed by atoms with van der Waals surface area (Å²) >= 11 is 0. The second-order valence-corrected chi connectivity index (χ2v) is 4.75. The van der Waals surface area contributed by atoms with Crippen LogP contribution in [-0.2, 0) is 0 Å². The van der Waals surface area contributed by atoms with Gasteiger partial charge in [-0.05, 0) is 30.5 Å². The molecule has 0 unspecified atom stereocenters. The molecule has 5 N–H and O–H groups in total. The first-order valence-corrected chi connectivity index (χ1v) is 5.93. The minimum Gasteiger partial charge on any atom is -0.508 e. The number of rotatable bonds is 0. The van der Waals surface area contributed by atoms with Crippen LogP contribution in [0.1, 0.15) is 5.56 Å². The van der Waals surface area contributed by atoms with Gasteiger partial charge in [-0.1, -0.05) is 0 Å². The minimum absolute atomic E-state index is 0.103. The van der Waals surface area contributed by atoms with Gasteiger partial charge in [-0.2, -0.15) is 0 Å². The van der Waals surface area contributed by atoms with Gasteiger partial charge < -0.3 is 25.5 Å². The van der Waals surface area contributed by atoms with Gasteiger partial charge in [0, 0.05) is 27.8 Å². The Balaban J connectivity index is 2.58. The molecule has 0 fully saturated rings. The van der Waals surface area contributed by atoms with Crippen LogP contribution in [0, 0.1) is 6.92 Å². The SMILES string of the molecule is Cc1c(O)c(O)c2cc3c(O)cc(O)cc3cc2c1O. The molecule has 5 nitrogen and oxygen atoms in total. The Bertz CT molecular complexity index is 868. The fraction of sp³-hybridized carbons (Fsp3) is 0.0667. The summed E-state index contributed by atoms with van der Waals surface area (Å²) in [6.45, 7) is 1.48. The molecule has 0 aliphatic carbocycles. The van der Waals surface area contributed by atoms with Crippen LogP contribution in [0.2, 0.25) is 0 Å². The van der Waals surface area contributed by atoms with Crippen molar-refractivity contribution in [3.05, 3.63) is 29.8 Å². The second kappa shape index (κ2) is 3.84. The molecule has 0 heterocycles. The molecule has 0 saturated heterocycles. The number of aromatic hydroxyl groups is 5. The highest BCUT2D eigenvalue weighted by molar-refractivity contribution is 6.07. The predicted octanol–water partition coefficient (Wildman–Crippen LogP) is 2.83. The molecule has 0 spiro atoms. The van der Waals surface area contributed by atoms with Crippen molar-refractivity contribution < 1.29 is 25.5 Å². The fourth-order valence-corrected chi connectivity index (χ4v) is 2.39. The molecule has 3 rings (SSSR count). The number of hydrogen-bond acceptors (Lipinski definition) is 5. The number of hydrogen-bond donors (Lipinski definition) is 5. The van der Waals surface area contributed by atoms with Gasteiger partial charge in [-0.25, -0.2) is 0 Å². The van der Waals surface area contributed by atoms with Crippen molar-refractivity contribution in [1.29, 1.82) is 0 Å². The molecule has 0 amide bonds. The predicted molar refractivity (Wildman–Crippen MR) is 74.5 cm³/mol. The third-order valence-electron chi connectivity index (χ3n) is 3.50. The van der Waals surface area contributed by atoms with Crippen molar-refractivity contribution in [2.24, 2.45) is 0 Å². The summed E-state index contributed by atoms with van der Waals surface area (Å²) in [5, 5.41) is 50.6. The molecular formula is C15H12O5. The van der Waals surface area contributed by atoms with E-state index < -0.39 is 5.75 Å². The van der Waals surface area contributed by atoms with Crippen molar-refractivity contribution in [3.63, 3.8) is 0 Å². The van der Waals surface area contributed by atoms with Gasteiger partial charge in [-0.3, -0.25) is 0 Å². The standard InChI is InChI=1S/C15H12O5/c1-6-13(18)10-3-7-2-8(16)4-12(17)9(7)5-11(10)15(20)14(6)19/h2-5,16-20H,1H3. The molecule has 3 aromatic carbocycles.